The highest BCUT2D eigenvalue weighted by atomic mass is 16.5. The van der Waals surface area contributed by atoms with E-state index in [1.54, 1.807) is 0 Å². The number of ether oxygens (including phenoxy) is 1. The number of carboxylic acid groups (broad SMARTS) is 1. The highest BCUT2D eigenvalue weighted by molar-refractivity contribution is 5.81. The smallest absolute Gasteiger partial charge is 0.407 e. The van der Waals surface area contributed by atoms with Crippen LogP contribution in [0.2, 0.25) is 0 Å². The number of aliphatic carboxylic acids is 1. The van der Waals surface area contributed by atoms with Crippen LogP contribution in [0.15, 0.2) is 48.5 Å². The van der Waals surface area contributed by atoms with Crippen LogP contribution in [-0.4, -0.2) is 29.8 Å². The molecule has 0 bridgehead atoms. The van der Waals surface area contributed by atoms with Gasteiger partial charge >= 0.3 is 12.1 Å². The summed E-state index contributed by atoms with van der Waals surface area (Å²) in [6.07, 6.45) is -1.01. The summed E-state index contributed by atoms with van der Waals surface area (Å²) >= 11 is 0. The zero-order valence-corrected chi connectivity index (χ0v) is 14.6. The number of hydrogen-bond donors (Lipinski definition) is 2. The molecule has 0 saturated heterocycles. The average molecular weight is 357 g/mol. The molecular formula is C21H23NO4. The topological polar surface area (TPSA) is 75.6 Å². The summed E-state index contributed by atoms with van der Waals surface area (Å²) < 4.78 is 20.6. The summed E-state index contributed by atoms with van der Waals surface area (Å²) in [5.41, 5.74) is 4.35. The van der Waals surface area contributed by atoms with Crippen LogP contribution in [0.1, 0.15) is 40.0 Å². The van der Waals surface area contributed by atoms with Gasteiger partial charge in [0.05, 0.1) is 0 Å². The lowest BCUT2D eigenvalue weighted by Crippen LogP contribution is -2.42. The van der Waals surface area contributed by atoms with Crippen LogP contribution < -0.4 is 5.32 Å². The maximum absolute atomic E-state index is 12.2. The zero-order valence-electron chi connectivity index (χ0n) is 16.6. The second kappa shape index (κ2) is 7.60. The second-order valence-electron chi connectivity index (χ2n) is 6.52. The maximum atomic E-state index is 12.2. The second-order valence-corrected chi connectivity index (χ2v) is 6.52. The molecule has 5 nitrogen and oxygen atoms in total. The lowest BCUT2D eigenvalue weighted by atomic mass is 9.98. The van der Waals surface area contributed by atoms with Crippen molar-refractivity contribution in [2.45, 2.75) is 32.2 Å². The van der Waals surface area contributed by atoms with Gasteiger partial charge in [-0.05, 0) is 34.6 Å². The van der Waals surface area contributed by atoms with Crippen molar-refractivity contribution in [2.24, 2.45) is 5.89 Å². The Hall–Kier alpha value is -2.82. The minimum atomic E-state index is -1.27. The van der Waals surface area contributed by atoms with Gasteiger partial charge in [-0.2, -0.15) is 0 Å². The van der Waals surface area contributed by atoms with Crippen LogP contribution in [0.25, 0.3) is 11.1 Å². The van der Waals surface area contributed by atoms with Crippen LogP contribution in [0, 0.1) is 5.89 Å². The Morgan fingerprint density at radius 1 is 1.19 bits per heavy atom. The fourth-order valence-electron chi connectivity index (χ4n) is 3.33. The van der Waals surface area contributed by atoms with Gasteiger partial charge < -0.3 is 15.2 Å². The van der Waals surface area contributed by atoms with Crippen LogP contribution in [0.5, 0.6) is 0 Å². The van der Waals surface area contributed by atoms with Gasteiger partial charge in [0.25, 0.3) is 0 Å². The number of nitrogens with one attached hydrogen (secondary N) is 1. The number of amides is 1. The summed E-state index contributed by atoms with van der Waals surface area (Å²) in [4.78, 5) is 23.6. The first-order valence-electron chi connectivity index (χ1n) is 9.66. The van der Waals surface area contributed by atoms with Gasteiger partial charge in [-0.1, -0.05) is 62.4 Å². The van der Waals surface area contributed by atoms with Crippen molar-refractivity contribution in [3.8, 4) is 11.1 Å². The van der Waals surface area contributed by atoms with Crippen LogP contribution in [0.4, 0.5) is 4.79 Å². The lowest BCUT2D eigenvalue weighted by molar-refractivity contribution is -0.139. The molecule has 2 atom stereocenters. The molecule has 3 rings (SSSR count). The highest BCUT2D eigenvalue weighted by Gasteiger charge is 2.29. The Morgan fingerprint density at radius 2 is 1.77 bits per heavy atom. The molecule has 0 fully saturated rings. The monoisotopic (exact) mass is 357 g/mol. The van der Waals surface area contributed by atoms with E-state index in [1.807, 2.05) is 48.5 Å². The van der Waals surface area contributed by atoms with Crippen molar-refractivity contribution in [3.63, 3.8) is 0 Å². The van der Waals surface area contributed by atoms with E-state index in [-0.39, 0.29) is 25.8 Å². The molecule has 2 aromatic carbocycles. The minimum Gasteiger partial charge on any atom is -0.480 e. The van der Waals surface area contributed by atoms with E-state index in [4.69, 9.17) is 7.48 Å². The molecule has 1 amide bonds. The molecule has 5 heteroatoms. The number of hydrogen-bond acceptors (Lipinski definition) is 3. The molecule has 0 radical (unpaired) electrons. The molecule has 0 spiro atoms. The van der Waals surface area contributed by atoms with E-state index in [1.165, 1.54) is 6.92 Å². The number of carboxylic acids is 1. The van der Waals surface area contributed by atoms with Gasteiger partial charge in [-0.15, -0.1) is 0 Å². The fraction of sp³-hybridized carbons (Fsp3) is 0.333. The van der Waals surface area contributed by atoms with E-state index < -0.39 is 24.0 Å². The van der Waals surface area contributed by atoms with Gasteiger partial charge in [0.15, 0.2) is 0 Å². The molecule has 2 N–H and O–H groups in total. The van der Waals surface area contributed by atoms with Crippen molar-refractivity contribution < 1.29 is 22.2 Å². The maximum Gasteiger partial charge on any atom is 0.407 e. The fourth-order valence-corrected chi connectivity index (χ4v) is 3.33. The Kier molecular flexibility index (Phi) is 4.51. The minimum absolute atomic E-state index is 0.0861. The molecule has 0 heterocycles. The lowest BCUT2D eigenvalue weighted by Gasteiger charge is -2.18. The molecule has 0 aromatic heterocycles. The third kappa shape index (κ3) is 3.72. The van der Waals surface area contributed by atoms with E-state index in [9.17, 15) is 14.7 Å². The number of alkyl carbamates (subject to hydrolysis) is 1. The summed E-state index contributed by atoms with van der Waals surface area (Å²) in [6.45, 7) is 1.29. The van der Waals surface area contributed by atoms with Crippen LogP contribution in [-0.2, 0) is 9.53 Å². The molecule has 1 aliphatic carbocycles. The first-order valence-corrected chi connectivity index (χ1v) is 8.46. The summed E-state index contributed by atoms with van der Waals surface area (Å²) in [5, 5.41) is 11.6. The average Bonchev–Trinajstić information content (AvgIpc) is 2.99. The predicted molar refractivity (Wildman–Crippen MR) is 99.1 cm³/mol. The van der Waals surface area contributed by atoms with Gasteiger partial charge in [0, 0.05) is 8.66 Å². The van der Waals surface area contributed by atoms with Crippen molar-refractivity contribution in [1.29, 1.82) is 0 Å². The summed E-state index contributed by atoms with van der Waals surface area (Å²) in [5.74, 6) is -2.63. The predicted octanol–water partition coefficient (Wildman–Crippen LogP) is 4.02. The first kappa shape index (κ1) is 15.4. The quantitative estimate of drug-likeness (QED) is 0.818. The highest BCUT2D eigenvalue weighted by Crippen LogP contribution is 2.44. The largest absolute Gasteiger partial charge is 0.480 e. The van der Waals surface area contributed by atoms with E-state index in [0.717, 1.165) is 22.3 Å². The molecule has 0 aliphatic heterocycles. The van der Waals surface area contributed by atoms with Gasteiger partial charge in [0.1, 0.15) is 12.6 Å². The van der Waals surface area contributed by atoms with E-state index in [2.05, 4.69) is 5.32 Å². The van der Waals surface area contributed by atoms with Crippen molar-refractivity contribution in [3.05, 3.63) is 59.7 Å². The molecular weight excluding hydrogens is 330 g/mol. The third-order valence-corrected chi connectivity index (χ3v) is 4.49. The molecule has 136 valence electrons. The van der Waals surface area contributed by atoms with Gasteiger partial charge in [0.2, 0.25) is 0 Å². The number of carbonyl (C=O) groups is 2. The molecule has 2 aromatic rings. The first-order chi connectivity index (χ1) is 13.3. The molecule has 26 heavy (non-hydrogen) atoms. The Labute approximate surface area is 155 Å². The van der Waals surface area contributed by atoms with E-state index in [0.29, 0.717) is 0 Å². The Balaban J connectivity index is 1.68. The molecule has 1 aliphatic rings. The van der Waals surface area contributed by atoms with Crippen LogP contribution >= 0.6 is 0 Å². The Morgan fingerprint density at radius 3 is 2.31 bits per heavy atom. The number of rotatable bonds is 6. The standard InChI is InChI=1S/C21H23NO4/c1-13(2)11-19(20(23)24)22-21(25)26-12-18-16-9-5-3-7-14(16)15-8-4-6-10-17(15)18/h3-10,13,18-19H,11-12H2,1-2H3,(H,22,25)(H,23,24)/t19-/m0/s1/i1T,13T/t13?,19-. The molecule has 1 unspecified atom stereocenters. The number of benzene rings is 2. The van der Waals surface area contributed by atoms with Crippen molar-refractivity contribution in [1.82, 2.24) is 5.32 Å². The van der Waals surface area contributed by atoms with Crippen molar-refractivity contribution >= 4 is 12.1 Å². The third-order valence-electron chi connectivity index (χ3n) is 4.49. The summed E-state index contributed by atoms with van der Waals surface area (Å²) in [7, 11) is 0. The molecule has 0 saturated carbocycles. The van der Waals surface area contributed by atoms with Crippen molar-refractivity contribution in [2.75, 3.05) is 6.61 Å². The van der Waals surface area contributed by atoms with Gasteiger partial charge in [-0.3, -0.25) is 0 Å². The normalized spacial score (nSPS) is 17.1. The van der Waals surface area contributed by atoms with Crippen LogP contribution in [0.3, 0.4) is 0 Å². The van der Waals surface area contributed by atoms with E-state index >= 15 is 0 Å². The summed E-state index contributed by atoms with van der Waals surface area (Å²) in [6, 6.07) is 14.6. The number of fused-ring (bicyclic) bond motifs is 3. The zero-order chi connectivity index (χ0) is 20.3. The Bertz CT molecular complexity index is 839. The SMILES string of the molecule is [3H]CC([3H])(C)C[C@H](NC(=O)OCC1c2ccccc2-c2ccccc21)C(=O)O. The van der Waals surface area contributed by atoms with Gasteiger partial charge in [-0.25, -0.2) is 9.59 Å². The number of carbonyl (C=O) groups excluding carboxylic acids is 1.